The molecule has 0 bridgehead atoms. The van der Waals surface area contributed by atoms with E-state index in [0.717, 1.165) is 0 Å². The molecule has 0 unspecified atom stereocenters. The zero-order valence-corrected chi connectivity index (χ0v) is 37.7. The quantitative estimate of drug-likeness (QED) is 0.0977. The minimum absolute atomic E-state index is 0.153. The summed E-state index contributed by atoms with van der Waals surface area (Å²) in [6, 6.07) is 0.586. The fraction of sp³-hybridized carbons (Fsp3) is 0.600. The van der Waals surface area contributed by atoms with Crippen molar-refractivity contribution in [2.24, 2.45) is 0 Å². The summed E-state index contributed by atoms with van der Waals surface area (Å²) in [5.41, 5.74) is -3.99. The summed E-state index contributed by atoms with van der Waals surface area (Å²) in [6.07, 6.45) is -35.4. The zero-order chi connectivity index (χ0) is 56.8. The summed E-state index contributed by atoms with van der Waals surface area (Å²) in [6.45, 7) is -7.43. The van der Waals surface area contributed by atoms with Gasteiger partial charge in [0.05, 0.1) is 0 Å². The Hall–Kier alpha value is -2.60. The van der Waals surface area contributed by atoms with E-state index in [9.17, 15) is 87.8 Å². The third kappa shape index (κ3) is 9.37. The average Bonchev–Trinajstić information content (AvgIpc) is 3.18. The first-order chi connectivity index (χ1) is 30.9. The standard InChI is InChI=1S/2C7H7O.4C4F9.O.2Sn/c2*8-6-7-4-2-1-3-5-7;4*5-1(6)2(7,8)3(9,10)4(11,12)13;;;/h2*1-5H,6H2;;;;;;;/q2*-1;;;;;;2*+1. The van der Waals surface area contributed by atoms with Gasteiger partial charge in [0, 0.05) is 0 Å². The van der Waals surface area contributed by atoms with Gasteiger partial charge in [-0.3, -0.25) is 0 Å². The molecule has 0 saturated carbocycles. The van der Waals surface area contributed by atoms with Gasteiger partial charge in [-0.05, 0) is 0 Å². The van der Waals surface area contributed by atoms with Crippen LogP contribution in [-0.2, 0) is 20.8 Å². The van der Waals surface area contributed by atoms with Gasteiger partial charge in [0.15, 0.2) is 0 Å². The van der Waals surface area contributed by atoms with Gasteiger partial charge in [-0.15, -0.1) is 0 Å². The van der Waals surface area contributed by atoms with Crippen molar-refractivity contribution >= 4 is 38.4 Å². The zero-order valence-electron chi connectivity index (χ0n) is 32.0. The Bertz CT molecular complexity index is 1880. The molecule has 2 aromatic carbocycles. The number of hydrogen-bond donors (Lipinski definition) is 0. The number of rotatable bonds is 20. The fourth-order valence-corrected chi connectivity index (χ4v) is 40.8. The molecule has 0 aliphatic carbocycles. The summed E-state index contributed by atoms with van der Waals surface area (Å²) < 4.78 is 498. The third-order valence-corrected chi connectivity index (χ3v) is 37.9. The Kier molecular flexibility index (Phi) is 16.9. The summed E-state index contributed by atoms with van der Waals surface area (Å²) in [5, 5.41) is 0. The van der Waals surface area contributed by atoms with E-state index >= 15 is 70.2 Å². The van der Waals surface area contributed by atoms with Crippen LogP contribution in [0.1, 0.15) is 11.1 Å². The SMILES string of the molecule is FC(F)(F)C(F)(F)C(F)(F)[C](F)(F)[Sn]([O]Cc1ccccc1)([O][Sn]([O]Cc1ccccc1)([C](F)(F)C(F)(F)C(F)(F)C(F)(F)F)[C](F)(F)C(F)(F)C(F)(F)C(F)(F)F)[C](F)(F)C(F)(F)C(F)(F)C(F)(F)F. The van der Waals surface area contributed by atoms with E-state index in [1.165, 1.54) is 0 Å². The molecule has 0 amide bonds. The Labute approximate surface area is 376 Å². The molecule has 0 aliphatic rings. The van der Waals surface area contributed by atoms with Gasteiger partial charge in [-0.25, -0.2) is 0 Å². The molecule has 71 heavy (non-hydrogen) atoms. The summed E-state index contributed by atoms with van der Waals surface area (Å²) in [5.74, 6) is -77.6. The van der Waals surface area contributed by atoms with Gasteiger partial charge < -0.3 is 0 Å². The monoisotopic (exact) mass is 1350 g/mol. The molecule has 2 rings (SSSR count). The van der Waals surface area contributed by atoms with Crippen molar-refractivity contribution in [3.8, 4) is 0 Å². The Morgan fingerprint density at radius 3 is 0.577 bits per heavy atom. The second-order valence-electron chi connectivity index (χ2n) is 13.8. The molecule has 2 aromatic rings. The van der Waals surface area contributed by atoms with E-state index in [-0.39, 0.29) is 48.5 Å². The summed E-state index contributed by atoms with van der Waals surface area (Å²) >= 11 is -28.3. The molecule has 0 heterocycles. The van der Waals surface area contributed by atoms with Crippen LogP contribution in [0.15, 0.2) is 60.7 Å². The van der Waals surface area contributed by atoms with Crippen LogP contribution in [0.2, 0.25) is 0 Å². The second-order valence-corrected chi connectivity index (χ2v) is 34.1. The van der Waals surface area contributed by atoms with E-state index in [4.69, 9.17) is 0 Å². The summed E-state index contributed by atoms with van der Waals surface area (Å²) in [4.78, 5) is 0. The molecular weight excluding hydrogens is 1330 g/mol. The fourth-order valence-electron chi connectivity index (χ4n) is 5.12. The Morgan fingerprint density at radius 2 is 0.423 bits per heavy atom. The minimum atomic E-state index is -14.2. The molecule has 0 N–H and O–H groups in total. The molecule has 0 aromatic heterocycles. The van der Waals surface area contributed by atoms with Gasteiger partial charge in [0.2, 0.25) is 0 Å². The molecule has 0 aliphatic heterocycles. The maximum absolute atomic E-state index is 16.5. The van der Waals surface area contributed by atoms with Crippen molar-refractivity contribution in [3.05, 3.63) is 71.8 Å². The van der Waals surface area contributed by atoms with Crippen molar-refractivity contribution in [3.63, 3.8) is 0 Å². The van der Waals surface area contributed by atoms with Crippen LogP contribution in [0.25, 0.3) is 0 Å². The number of benzene rings is 2. The molecular formula is C30H14F36O3Sn2. The van der Waals surface area contributed by atoms with Crippen molar-refractivity contribution in [2.75, 3.05) is 0 Å². The number of hydrogen-bond acceptors (Lipinski definition) is 3. The van der Waals surface area contributed by atoms with Crippen LogP contribution < -0.4 is 0 Å². The molecule has 412 valence electrons. The van der Waals surface area contributed by atoms with Crippen molar-refractivity contribution in [1.29, 1.82) is 0 Å². The Balaban J connectivity index is 3.97. The van der Waals surface area contributed by atoms with E-state index < -0.39 is 151 Å². The van der Waals surface area contributed by atoms with Crippen molar-refractivity contribution in [2.45, 2.75) is 101 Å². The number of halogens is 36. The topological polar surface area (TPSA) is 27.7 Å². The third-order valence-electron chi connectivity index (χ3n) is 9.09. The van der Waals surface area contributed by atoms with E-state index in [1.807, 2.05) is 0 Å². The predicted molar refractivity (Wildman–Crippen MR) is 159 cm³/mol. The predicted octanol–water partition coefficient (Wildman–Crippen LogP) is 14.4. The molecule has 0 atom stereocenters. The van der Waals surface area contributed by atoms with Gasteiger partial charge in [0.1, 0.15) is 0 Å². The van der Waals surface area contributed by atoms with Crippen LogP contribution >= 0.6 is 0 Å². The molecule has 0 spiro atoms. The first-order valence-electron chi connectivity index (χ1n) is 16.7. The maximum atomic E-state index is 16.5. The average molecular weight is 1340 g/mol. The van der Waals surface area contributed by atoms with Gasteiger partial charge >= 0.3 is 377 Å². The van der Waals surface area contributed by atoms with Crippen LogP contribution in [-0.4, -0.2) is 126 Å². The van der Waals surface area contributed by atoms with Crippen LogP contribution in [0.3, 0.4) is 0 Å². The summed E-state index contributed by atoms with van der Waals surface area (Å²) in [7, 11) is 0. The molecule has 41 heteroatoms. The van der Waals surface area contributed by atoms with E-state index in [1.54, 1.807) is 0 Å². The van der Waals surface area contributed by atoms with Crippen molar-refractivity contribution in [1.82, 2.24) is 0 Å². The van der Waals surface area contributed by atoms with E-state index in [0.29, 0.717) is 12.1 Å². The van der Waals surface area contributed by atoms with Gasteiger partial charge in [-0.1, -0.05) is 0 Å². The van der Waals surface area contributed by atoms with Crippen molar-refractivity contribution < 1.29 is 166 Å². The van der Waals surface area contributed by atoms with Crippen LogP contribution in [0.5, 0.6) is 0 Å². The molecule has 0 radical (unpaired) electrons. The molecule has 0 fully saturated rings. The normalized spacial score (nSPS) is 16.2. The van der Waals surface area contributed by atoms with E-state index in [2.05, 4.69) is 7.56 Å². The first-order valence-corrected chi connectivity index (χ1v) is 27.1. The second kappa shape index (κ2) is 18.6. The Morgan fingerprint density at radius 1 is 0.254 bits per heavy atom. The molecule has 0 saturated heterocycles. The van der Waals surface area contributed by atoms with Gasteiger partial charge in [-0.2, -0.15) is 0 Å². The first kappa shape index (κ1) is 64.5. The van der Waals surface area contributed by atoms with Crippen LogP contribution in [0.4, 0.5) is 158 Å². The number of alkyl halides is 36. The van der Waals surface area contributed by atoms with Crippen LogP contribution in [0, 0.1) is 0 Å². The molecule has 3 nitrogen and oxygen atoms in total. The van der Waals surface area contributed by atoms with Gasteiger partial charge in [0.25, 0.3) is 0 Å².